The summed E-state index contributed by atoms with van der Waals surface area (Å²) in [5.41, 5.74) is 5.29. The number of hydrogen-bond acceptors (Lipinski definition) is 5. The highest BCUT2D eigenvalue weighted by Gasteiger charge is 2.61. The minimum Gasteiger partial charge on any atom is -0.477 e. The zero-order valence-electron chi connectivity index (χ0n) is 10.5. The normalized spacial score (nSPS) is 33.0. The lowest BCUT2D eigenvalue weighted by molar-refractivity contribution is -0.164. The van der Waals surface area contributed by atoms with Crippen LogP contribution in [0.3, 0.4) is 0 Å². The van der Waals surface area contributed by atoms with Gasteiger partial charge in [-0.1, -0.05) is 6.92 Å². The second-order valence-corrected chi connectivity index (χ2v) is 5.10. The van der Waals surface area contributed by atoms with E-state index in [1.807, 2.05) is 6.92 Å². The van der Waals surface area contributed by atoms with Crippen LogP contribution >= 0.6 is 0 Å². The van der Waals surface area contributed by atoms with Crippen LogP contribution in [0.2, 0.25) is 0 Å². The van der Waals surface area contributed by atoms with Crippen LogP contribution in [0.5, 0.6) is 0 Å². The zero-order chi connectivity index (χ0) is 13.7. The number of aliphatic carboxylic acids is 1. The molecule has 2 aliphatic heterocycles. The molecule has 100 valence electrons. The molecule has 4 N–H and O–H groups in total. The fraction of sp³-hybridized carbons (Fsp3) is 0.667. The van der Waals surface area contributed by atoms with Crippen molar-refractivity contribution in [1.82, 2.24) is 4.90 Å². The molecule has 6 nitrogen and oxygen atoms in total. The molecule has 0 radical (unpaired) electrons. The van der Waals surface area contributed by atoms with Gasteiger partial charge in [0.25, 0.3) is 0 Å². The zero-order valence-corrected chi connectivity index (χ0v) is 10.5. The molecule has 0 bridgehead atoms. The maximum atomic E-state index is 11.9. The minimum atomic E-state index is -1.08. The van der Waals surface area contributed by atoms with Crippen molar-refractivity contribution in [2.24, 2.45) is 11.7 Å². The van der Waals surface area contributed by atoms with Crippen LogP contribution in [0.1, 0.15) is 20.3 Å². The lowest BCUT2D eigenvalue weighted by Gasteiger charge is -2.58. The highest BCUT2D eigenvalue weighted by Crippen LogP contribution is 2.46. The van der Waals surface area contributed by atoms with E-state index in [9.17, 15) is 19.8 Å². The van der Waals surface area contributed by atoms with Gasteiger partial charge in [-0.3, -0.25) is 4.79 Å². The van der Waals surface area contributed by atoms with Crippen LogP contribution in [0.4, 0.5) is 0 Å². The molecule has 0 aromatic rings. The SMILES string of the molecule is CC1CC2(C(C)O)C(=O)CN2C(C(=O)O)=C1CN. The first-order valence-corrected chi connectivity index (χ1v) is 6.01. The molecule has 0 amide bonds. The number of aliphatic hydroxyl groups excluding tert-OH is 1. The highest BCUT2D eigenvalue weighted by molar-refractivity contribution is 6.01. The largest absolute Gasteiger partial charge is 0.477 e. The number of nitrogens with zero attached hydrogens (tertiary/aromatic N) is 1. The predicted octanol–water partition coefficient (Wildman–Crippen LogP) is -0.672. The Morgan fingerprint density at radius 2 is 2.28 bits per heavy atom. The molecule has 1 saturated heterocycles. The monoisotopic (exact) mass is 254 g/mol. The number of carbonyl (C=O) groups excluding carboxylic acids is 1. The number of fused-ring (bicyclic) bond motifs is 1. The van der Waals surface area contributed by atoms with Gasteiger partial charge in [-0.15, -0.1) is 0 Å². The minimum absolute atomic E-state index is 0.0444. The van der Waals surface area contributed by atoms with Crippen molar-refractivity contribution in [2.45, 2.75) is 31.9 Å². The summed E-state index contributed by atoms with van der Waals surface area (Å²) in [6.07, 6.45) is -0.470. The van der Waals surface area contributed by atoms with Gasteiger partial charge in [0, 0.05) is 6.54 Å². The first-order chi connectivity index (χ1) is 8.36. The Kier molecular flexibility index (Phi) is 2.95. The molecular formula is C12H18N2O4. The fourth-order valence-electron chi connectivity index (χ4n) is 3.16. The van der Waals surface area contributed by atoms with Gasteiger partial charge in [0.2, 0.25) is 0 Å². The summed E-state index contributed by atoms with van der Waals surface area (Å²) in [5, 5.41) is 19.2. The summed E-state index contributed by atoms with van der Waals surface area (Å²) in [4.78, 5) is 24.8. The predicted molar refractivity (Wildman–Crippen MR) is 63.6 cm³/mol. The molecule has 18 heavy (non-hydrogen) atoms. The van der Waals surface area contributed by atoms with E-state index in [0.29, 0.717) is 12.0 Å². The summed E-state index contributed by atoms with van der Waals surface area (Å²) in [5.74, 6) is -1.30. The Morgan fingerprint density at radius 3 is 2.67 bits per heavy atom. The molecule has 1 fully saturated rings. The summed E-state index contributed by atoms with van der Waals surface area (Å²) in [6.45, 7) is 3.58. The molecule has 2 aliphatic rings. The van der Waals surface area contributed by atoms with Gasteiger partial charge in [0.05, 0.1) is 12.6 Å². The maximum absolute atomic E-state index is 11.9. The molecule has 2 rings (SSSR count). The van der Waals surface area contributed by atoms with Crippen molar-refractivity contribution in [3.63, 3.8) is 0 Å². The Bertz CT molecular complexity index is 443. The third-order valence-electron chi connectivity index (χ3n) is 4.17. The Hall–Kier alpha value is -1.40. The van der Waals surface area contributed by atoms with Gasteiger partial charge in [-0.05, 0) is 24.8 Å². The van der Waals surface area contributed by atoms with E-state index in [2.05, 4.69) is 0 Å². The van der Waals surface area contributed by atoms with Gasteiger partial charge in [-0.25, -0.2) is 4.79 Å². The molecule has 3 atom stereocenters. The van der Waals surface area contributed by atoms with Gasteiger partial charge >= 0.3 is 5.97 Å². The van der Waals surface area contributed by atoms with Crippen LogP contribution < -0.4 is 5.73 Å². The molecule has 0 aliphatic carbocycles. The van der Waals surface area contributed by atoms with Crippen LogP contribution in [0.25, 0.3) is 0 Å². The van der Waals surface area contributed by atoms with Crippen LogP contribution in [-0.4, -0.2) is 51.6 Å². The van der Waals surface area contributed by atoms with Crippen molar-refractivity contribution in [2.75, 3.05) is 13.1 Å². The van der Waals surface area contributed by atoms with Crippen LogP contribution in [0.15, 0.2) is 11.3 Å². The van der Waals surface area contributed by atoms with E-state index >= 15 is 0 Å². The van der Waals surface area contributed by atoms with E-state index in [4.69, 9.17) is 5.73 Å². The molecule has 0 saturated carbocycles. The van der Waals surface area contributed by atoms with E-state index in [0.717, 1.165) is 0 Å². The van der Waals surface area contributed by atoms with Crippen LogP contribution in [-0.2, 0) is 9.59 Å². The van der Waals surface area contributed by atoms with Crippen molar-refractivity contribution in [3.8, 4) is 0 Å². The Morgan fingerprint density at radius 1 is 1.67 bits per heavy atom. The second kappa shape index (κ2) is 4.07. The molecule has 0 spiro atoms. The molecule has 6 heteroatoms. The third kappa shape index (κ3) is 1.42. The van der Waals surface area contributed by atoms with Crippen molar-refractivity contribution >= 4 is 11.8 Å². The maximum Gasteiger partial charge on any atom is 0.352 e. The number of carbonyl (C=O) groups is 2. The number of ketones is 1. The number of rotatable bonds is 3. The number of carboxylic acids is 1. The second-order valence-electron chi connectivity index (χ2n) is 5.10. The van der Waals surface area contributed by atoms with Gasteiger partial charge in [0.1, 0.15) is 11.2 Å². The van der Waals surface area contributed by atoms with Crippen molar-refractivity contribution in [3.05, 3.63) is 11.3 Å². The summed E-state index contributed by atoms with van der Waals surface area (Å²) >= 11 is 0. The average molecular weight is 254 g/mol. The lowest BCUT2D eigenvalue weighted by atomic mass is 9.67. The summed E-state index contributed by atoms with van der Waals surface area (Å²) < 4.78 is 0. The molecule has 2 heterocycles. The number of Topliss-reactive ketones (excluding diaryl/α,β-unsaturated/α-hetero) is 1. The highest BCUT2D eigenvalue weighted by atomic mass is 16.4. The molecule has 0 aromatic carbocycles. The standard InChI is InChI=1S/C12H18N2O4/c1-6-3-12(7(2)15)9(16)5-14(12)10(11(17)18)8(6)4-13/h6-7,15H,3-5,13H2,1-2H3,(H,17,18). The van der Waals surface area contributed by atoms with E-state index in [-0.39, 0.29) is 30.5 Å². The van der Waals surface area contributed by atoms with Gasteiger partial charge in [0.15, 0.2) is 5.78 Å². The number of carboxylic acid groups (broad SMARTS) is 1. The quantitative estimate of drug-likeness (QED) is 0.617. The Labute approximate surface area is 105 Å². The molecule has 3 unspecified atom stereocenters. The lowest BCUT2D eigenvalue weighted by Crippen LogP contribution is -2.75. The number of hydrogen-bond donors (Lipinski definition) is 3. The topological polar surface area (TPSA) is 104 Å². The smallest absolute Gasteiger partial charge is 0.352 e. The number of nitrogens with two attached hydrogens (primary N) is 1. The third-order valence-corrected chi connectivity index (χ3v) is 4.17. The number of aliphatic hydroxyl groups is 1. The van der Waals surface area contributed by atoms with Gasteiger partial charge in [-0.2, -0.15) is 0 Å². The van der Waals surface area contributed by atoms with Crippen molar-refractivity contribution in [1.29, 1.82) is 0 Å². The summed E-state index contributed by atoms with van der Waals surface area (Å²) in [6, 6.07) is 0. The van der Waals surface area contributed by atoms with Crippen molar-refractivity contribution < 1.29 is 19.8 Å². The molecular weight excluding hydrogens is 236 g/mol. The Balaban J connectivity index is 2.54. The van der Waals surface area contributed by atoms with E-state index < -0.39 is 17.6 Å². The first-order valence-electron chi connectivity index (χ1n) is 6.01. The first kappa shape index (κ1) is 13.0. The van der Waals surface area contributed by atoms with Crippen LogP contribution in [0, 0.1) is 5.92 Å². The van der Waals surface area contributed by atoms with E-state index in [1.54, 1.807) is 0 Å². The van der Waals surface area contributed by atoms with Gasteiger partial charge < -0.3 is 20.8 Å². The molecule has 0 aromatic heterocycles. The average Bonchev–Trinajstić information content (AvgIpc) is 2.28. The fourth-order valence-corrected chi connectivity index (χ4v) is 3.16. The van der Waals surface area contributed by atoms with E-state index in [1.165, 1.54) is 11.8 Å². The summed E-state index contributed by atoms with van der Waals surface area (Å²) in [7, 11) is 0.